The van der Waals surface area contributed by atoms with Crippen LogP contribution in [0.4, 0.5) is 0 Å². The van der Waals surface area contributed by atoms with Gasteiger partial charge in [-0.05, 0) is 57.4 Å². The molecule has 122 valence electrons. The van der Waals surface area contributed by atoms with Crippen molar-refractivity contribution in [3.8, 4) is 5.69 Å². The molecule has 3 rings (SSSR count). The third-order valence-corrected chi connectivity index (χ3v) is 4.69. The minimum Gasteiger partial charge on any atom is -0.295 e. The Bertz CT molecular complexity index is 669. The number of aryl methyl sites for hydroxylation is 1. The fourth-order valence-electron chi connectivity index (χ4n) is 3.21. The van der Waals surface area contributed by atoms with Crippen LogP contribution in [0.5, 0.6) is 0 Å². The number of hydrogen-bond donors (Lipinski definition) is 2. The van der Waals surface area contributed by atoms with Crippen molar-refractivity contribution in [3.05, 3.63) is 42.0 Å². The molecule has 6 nitrogen and oxygen atoms in total. The number of hydrogen-bond acceptors (Lipinski definition) is 5. The van der Waals surface area contributed by atoms with Gasteiger partial charge in [-0.15, -0.1) is 10.2 Å². The number of carbonyl (C=O) groups excluding carboxylic acids is 1. The zero-order valence-electron chi connectivity index (χ0n) is 13.8. The highest BCUT2D eigenvalue weighted by molar-refractivity contribution is 5.94. The zero-order valence-corrected chi connectivity index (χ0v) is 13.8. The molecule has 1 aliphatic heterocycles. The molecule has 0 amide bonds. The highest BCUT2D eigenvalue weighted by Gasteiger charge is 2.29. The van der Waals surface area contributed by atoms with Crippen molar-refractivity contribution in [3.63, 3.8) is 0 Å². The normalized spacial score (nSPS) is 24.0. The summed E-state index contributed by atoms with van der Waals surface area (Å²) < 4.78 is 2.00. The highest BCUT2D eigenvalue weighted by atomic mass is 16.1. The quantitative estimate of drug-likeness (QED) is 0.825. The van der Waals surface area contributed by atoms with Gasteiger partial charge in [0.25, 0.3) is 0 Å². The molecule has 2 atom stereocenters. The van der Waals surface area contributed by atoms with Crippen LogP contribution < -0.4 is 10.9 Å². The molecule has 0 saturated carbocycles. The second kappa shape index (κ2) is 6.60. The Morgan fingerprint density at radius 2 is 1.83 bits per heavy atom. The number of nitrogens with one attached hydrogen (secondary N) is 2. The van der Waals surface area contributed by atoms with Gasteiger partial charge < -0.3 is 0 Å². The lowest BCUT2D eigenvalue weighted by Crippen LogP contribution is -2.30. The molecule has 0 bridgehead atoms. The summed E-state index contributed by atoms with van der Waals surface area (Å²) in [5.74, 6) is 1.59. The topological polar surface area (TPSA) is 71.8 Å². The summed E-state index contributed by atoms with van der Waals surface area (Å²) >= 11 is 0. The number of aromatic nitrogens is 3. The van der Waals surface area contributed by atoms with E-state index in [1.807, 2.05) is 28.8 Å². The molecule has 1 aromatic carbocycles. The lowest BCUT2D eigenvalue weighted by molar-refractivity contribution is 0.101. The summed E-state index contributed by atoms with van der Waals surface area (Å²) in [6.45, 7) is 5.98. The van der Waals surface area contributed by atoms with Crippen molar-refractivity contribution in [2.45, 2.75) is 45.7 Å². The monoisotopic (exact) mass is 313 g/mol. The Labute approximate surface area is 136 Å². The van der Waals surface area contributed by atoms with E-state index in [2.05, 4.69) is 34.9 Å². The molecule has 2 aromatic rings. The molecule has 23 heavy (non-hydrogen) atoms. The highest BCUT2D eigenvalue weighted by Crippen LogP contribution is 2.21. The predicted molar refractivity (Wildman–Crippen MR) is 88.4 cm³/mol. The first-order valence-electron chi connectivity index (χ1n) is 8.07. The van der Waals surface area contributed by atoms with Crippen molar-refractivity contribution in [2.24, 2.45) is 5.92 Å². The average Bonchev–Trinajstić information content (AvgIpc) is 3.13. The molecular formula is C17H23N5O. The number of ketones is 1. The van der Waals surface area contributed by atoms with Gasteiger partial charge in [-0.1, -0.05) is 0 Å². The first-order valence-corrected chi connectivity index (χ1v) is 8.07. The number of benzene rings is 1. The summed E-state index contributed by atoms with van der Waals surface area (Å²) in [5, 5.41) is 8.32. The summed E-state index contributed by atoms with van der Waals surface area (Å²) in [6.07, 6.45) is 3.65. The van der Waals surface area contributed by atoms with E-state index in [-0.39, 0.29) is 5.78 Å². The van der Waals surface area contributed by atoms with Gasteiger partial charge in [-0.3, -0.25) is 20.2 Å². The SMILES string of the molecule is CC(=O)c1ccc(-n2cnnc2CCC2C(C)NNC2C)cc1. The van der Waals surface area contributed by atoms with Gasteiger partial charge >= 0.3 is 0 Å². The molecule has 0 aliphatic carbocycles. The molecule has 0 radical (unpaired) electrons. The van der Waals surface area contributed by atoms with Crippen LogP contribution in [0.25, 0.3) is 5.69 Å². The van der Waals surface area contributed by atoms with Gasteiger partial charge in [0.05, 0.1) is 0 Å². The summed E-state index contributed by atoms with van der Waals surface area (Å²) in [4.78, 5) is 11.4. The van der Waals surface area contributed by atoms with E-state index >= 15 is 0 Å². The van der Waals surface area contributed by atoms with E-state index in [0.717, 1.165) is 24.4 Å². The number of rotatable bonds is 5. The molecule has 1 saturated heterocycles. The maximum Gasteiger partial charge on any atom is 0.159 e. The van der Waals surface area contributed by atoms with Crippen molar-refractivity contribution in [1.82, 2.24) is 25.6 Å². The van der Waals surface area contributed by atoms with Gasteiger partial charge in [-0.25, -0.2) is 0 Å². The molecule has 2 heterocycles. The number of carbonyl (C=O) groups is 1. The van der Waals surface area contributed by atoms with E-state index in [9.17, 15) is 4.79 Å². The van der Waals surface area contributed by atoms with E-state index in [1.54, 1.807) is 13.3 Å². The Kier molecular flexibility index (Phi) is 4.54. The number of nitrogens with zero attached hydrogens (tertiary/aromatic N) is 3. The molecule has 1 aromatic heterocycles. The largest absolute Gasteiger partial charge is 0.295 e. The van der Waals surface area contributed by atoms with Crippen LogP contribution in [0.3, 0.4) is 0 Å². The number of hydrazine groups is 1. The van der Waals surface area contributed by atoms with E-state index < -0.39 is 0 Å². The van der Waals surface area contributed by atoms with Gasteiger partial charge in [0.1, 0.15) is 12.2 Å². The molecule has 1 aliphatic rings. The van der Waals surface area contributed by atoms with Crippen LogP contribution in [-0.2, 0) is 6.42 Å². The third kappa shape index (κ3) is 3.33. The first-order chi connectivity index (χ1) is 11.1. The number of Topliss-reactive ketones (excluding diaryl/α,β-unsaturated/α-hetero) is 1. The van der Waals surface area contributed by atoms with Crippen LogP contribution in [-0.4, -0.2) is 32.6 Å². The standard InChI is InChI=1S/C17H23N5O/c1-11-16(12(2)20-19-11)8-9-17-21-18-10-22(17)15-6-4-14(5-7-15)13(3)23/h4-7,10-12,16,19-20H,8-9H2,1-3H3. The smallest absolute Gasteiger partial charge is 0.159 e. The van der Waals surface area contributed by atoms with Gasteiger partial charge in [0.2, 0.25) is 0 Å². The van der Waals surface area contributed by atoms with E-state index in [0.29, 0.717) is 23.6 Å². The van der Waals surface area contributed by atoms with Crippen molar-refractivity contribution >= 4 is 5.78 Å². The van der Waals surface area contributed by atoms with Crippen molar-refractivity contribution in [2.75, 3.05) is 0 Å². The lowest BCUT2D eigenvalue weighted by atomic mass is 9.91. The Balaban J connectivity index is 1.73. The van der Waals surface area contributed by atoms with Gasteiger partial charge in [0, 0.05) is 29.8 Å². The minimum atomic E-state index is 0.0738. The Hall–Kier alpha value is -2.05. The predicted octanol–water partition coefficient (Wildman–Crippen LogP) is 1.90. The van der Waals surface area contributed by atoms with Crippen LogP contribution in [0.15, 0.2) is 30.6 Å². The molecule has 1 fully saturated rings. The fraction of sp³-hybridized carbons (Fsp3) is 0.471. The fourth-order valence-corrected chi connectivity index (χ4v) is 3.21. The second-order valence-electron chi connectivity index (χ2n) is 6.29. The minimum absolute atomic E-state index is 0.0738. The van der Waals surface area contributed by atoms with E-state index in [1.165, 1.54) is 0 Å². The first kappa shape index (κ1) is 15.8. The molecule has 6 heteroatoms. The molecule has 0 spiro atoms. The van der Waals surface area contributed by atoms with Gasteiger partial charge in [0.15, 0.2) is 5.78 Å². The molecule has 2 N–H and O–H groups in total. The maximum atomic E-state index is 11.4. The second-order valence-corrected chi connectivity index (χ2v) is 6.29. The van der Waals surface area contributed by atoms with E-state index in [4.69, 9.17) is 0 Å². The third-order valence-electron chi connectivity index (χ3n) is 4.69. The van der Waals surface area contributed by atoms with Crippen molar-refractivity contribution < 1.29 is 4.79 Å². The summed E-state index contributed by atoms with van der Waals surface area (Å²) in [6, 6.07) is 8.47. The zero-order chi connectivity index (χ0) is 16.4. The van der Waals surface area contributed by atoms with Crippen LogP contribution in [0, 0.1) is 5.92 Å². The van der Waals surface area contributed by atoms with Crippen LogP contribution in [0.1, 0.15) is 43.4 Å². The van der Waals surface area contributed by atoms with Crippen molar-refractivity contribution in [1.29, 1.82) is 0 Å². The summed E-state index contributed by atoms with van der Waals surface area (Å²) in [5.41, 5.74) is 8.28. The lowest BCUT2D eigenvalue weighted by Gasteiger charge is -2.17. The Morgan fingerprint density at radius 1 is 1.17 bits per heavy atom. The average molecular weight is 313 g/mol. The molecular weight excluding hydrogens is 290 g/mol. The van der Waals surface area contributed by atoms with Crippen LogP contribution >= 0.6 is 0 Å². The molecule has 2 unspecified atom stereocenters. The maximum absolute atomic E-state index is 11.4. The van der Waals surface area contributed by atoms with Crippen LogP contribution in [0.2, 0.25) is 0 Å². The Morgan fingerprint density at radius 3 is 2.43 bits per heavy atom. The summed E-state index contributed by atoms with van der Waals surface area (Å²) in [7, 11) is 0. The van der Waals surface area contributed by atoms with Gasteiger partial charge in [-0.2, -0.15) is 0 Å².